The average molecular weight is 172 g/mol. The third kappa shape index (κ3) is 1.76. The number of likely N-dealkylation sites (N-methyl/N-ethyl adjacent to an activating group) is 1. The topological polar surface area (TPSA) is 64.3 Å². The minimum atomic E-state index is -0.604. The summed E-state index contributed by atoms with van der Waals surface area (Å²) in [5, 5.41) is 3.10. The first kappa shape index (κ1) is 9.48. The standard InChI is InChI=1S/C8H16N2O2/c1-2-10-8(7(9)11)4-3-5-12-6-8/h10H,2-6H2,1H3,(H2,9,11). The van der Waals surface area contributed by atoms with Gasteiger partial charge in [-0.25, -0.2) is 0 Å². The monoisotopic (exact) mass is 172 g/mol. The van der Waals surface area contributed by atoms with Crippen molar-refractivity contribution in [1.82, 2.24) is 5.32 Å². The van der Waals surface area contributed by atoms with Crippen LogP contribution in [-0.2, 0) is 9.53 Å². The third-order valence-electron chi connectivity index (χ3n) is 2.23. The number of ether oxygens (including phenoxy) is 1. The lowest BCUT2D eigenvalue weighted by atomic mass is 9.92. The molecule has 3 N–H and O–H groups in total. The lowest BCUT2D eigenvalue weighted by Crippen LogP contribution is -2.60. The van der Waals surface area contributed by atoms with Crippen molar-refractivity contribution in [3.63, 3.8) is 0 Å². The van der Waals surface area contributed by atoms with Gasteiger partial charge >= 0.3 is 0 Å². The van der Waals surface area contributed by atoms with Crippen LogP contribution in [0.2, 0.25) is 0 Å². The highest BCUT2D eigenvalue weighted by molar-refractivity contribution is 5.85. The first-order valence-corrected chi connectivity index (χ1v) is 4.34. The average Bonchev–Trinajstić information content (AvgIpc) is 2.06. The van der Waals surface area contributed by atoms with Gasteiger partial charge in [-0.3, -0.25) is 4.79 Å². The quantitative estimate of drug-likeness (QED) is 0.610. The van der Waals surface area contributed by atoms with Gasteiger partial charge in [-0.1, -0.05) is 6.92 Å². The van der Waals surface area contributed by atoms with Crippen LogP contribution in [0.3, 0.4) is 0 Å². The van der Waals surface area contributed by atoms with E-state index in [4.69, 9.17) is 10.5 Å². The van der Waals surface area contributed by atoms with Crippen molar-refractivity contribution < 1.29 is 9.53 Å². The van der Waals surface area contributed by atoms with Crippen LogP contribution < -0.4 is 11.1 Å². The maximum Gasteiger partial charge on any atom is 0.240 e. The summed E-state index contributed by atoms with van der Waals surface area (Å²) in [5.74, 6) is -0.302. The number of carbonyl (C=O) groups excluding carboxylic acids is 1. The second-order valence-electron chi connectivity index (χ2n) is 3.13. The number of hydrogen-bond donors (Lipinski definition) is 2. The van der Waals surface area contributed by atoms with E-state index in [1.165, 1.54) is 0 Å². The number of amides is 1. The highest BCUT2D eigenvalue weighted by Gasteiger charge is 2.37. The van der Waals surface area contributed by atoms with Crippen LogP contribution in [0.4, 0.5) is 0 Å². The van der Waals surface area contributed by atoms with E-state index in [0.29, 0.717) is 6.61 Å². The molecule has 0 spiro atoms. The van der Waals surface area contributed by atoms with Crippen LogP contribution in [0.5, 0.6) is 0 Å². The molecule has 0 bridgehead atoms. The Morgan fingerprint density at radius 1 is 1.75 bits per heavy atom. The summed E-state index contributed by atoms with van der Waals surface area (Å²) in [6.07, 6.45) is 1.69. The number of carbonyl (C=O) groups is 1. The van der Waals surface area contributed by atoms with Gasteiger partial charge in [-0.15, -0.1) is 0 Å². The SMILES string of the molecule is CCNC1(C(N)=O)CCCOC1. The van der Waals surface area contributed by atoms with Gasteiger partial charge in [0.25, 0.3) is 0 Å². The van der Waals surface area contributed by atoms with E-state index in [2.05, 4.69) is 5.32 Å². The van der Waals surface area contributed by atoms with Crippen LogP contribution in [0, 0.1) is 0 Å². The predicted octanol–water partition coefficient (Wildman–Crippen LogP) is -0.370. The van der Waals surface area contributed by atoms with Crippen molar-refractivity contribution >= 4 is 5.91 Å². The Morgan fingerprint density at radius 3 is 2.92 bits per heavy atom. The van der Waals surface area contributed by atoms with Crippen LogP contribution in [0.15, 0.2) is 0 Å². The summed E-state index contributed by atoms with van der Waals surface area (Å²) >= 11 is 0. The van der Waals surface area contributed by atoms with Crippen LogP contribution in [-0.4, -0.2) is 31.2 Å². The van der Waals surface area contributed by atoms with Crippen molar-refractivity contribution in [2.75, 3.05) is 19.8 Å². The zero-order valence-electron chi connectivity index (χ0n) is 7.43. The molecule has 0 aromatic carbocycles. The molecule has 0 aliphatic carbocycles. The van der Waals surface area contributed by atoms with Crippen LogP contribution >= 0.6 is 0 Å². The van der Waals surface area contributed by atoms with E-state index >= 15 is 0 Å². The van der Waals surface area contributed by atoms with Gasteiger partial charge in [-0.2, -0.15) is 0 Å². The van der Waals surface area contributed by atoms with Gasteiger partial charge in [0.15, 0.2) is 0 Å². The van der Waals surface area contributed by atoms with E-state index in [0.717, 1.165) is 26.0 Å². The molecule has 12 heavy (non-hydrogen) atoms. The summed E-state index contributed by atoms with van der Waals surface area (Å²) in [5.41, 5.74) is 4.70. The van der Waals surface area contributed by atoms with Gasteiger partial charge in [0, 0.05) is 6.61 Å². The number of hydrogen-bond acceptors (Lipinski definition) is 3. The van der Waals surface area contributed by atoms with E-state index in [1.807, 2.05) is 6.92 Å². The van der Waals surface area contributed by atoms with Crippen molar-refractivity contribution in [1.29, 1.82) is 0 Å². The highest BCUT2D eigenvalue weighted by atomic mass is 16.5. The summed E-state index contributed by atoms with van der Waals surface area (Å²) in [4.78, 5) is 11.1. The molecule has 0 saturated carbocycles. The largest absolute Gasteiger partial charge is 0.379 e. The molecule has 1 amide bonds. The summed E-state index contributed by atoms with van der Waals surface area (Å²) in [6.45, 7) is 3.85. The number of primary amides is 1. The molecule has 4 heteroatoms. The molecule has 1 rings (SSSR count). The van der Waals surface area contributed by atoms with Crippen LogP contribution in [0.1, 0.15) is 19.8 Å². The van der Waals surface area contributed by atoms with Gasteiger partial charge in [0.1, 0.15) is 5.54 Å². The molecule has 1 atom stereocenters. The zero-order valence-corrected chi connectivity index (χ0v) is 7.43. The van der Waals surface area contributed by atoms with Gasteiger partial charge in [0.2, 0.25) is 5.91 Å². The second-order valence-corrected chi connectivity index (χ2v) is 3.13. The Kier molecular flexibility index (Phi) is 3.05. The maximum absolute atomic E-state index is 11.1. The first-order chi connectivity index (χ1) is 5.71. The van der Waals surface area contributed by atoms with Crippen molar-refractivity contribution in [3.05, 3.63) is 0 Å². The fourth-order valence-corrected chi connectivity index (χ4v) is 1.55. The molecule has 1 heterocycles. The van der Waals surface area contributed by atoms with E-state index < -0.39 is 5.54 Å². The molecule has 4 nitrogen and oxygen atoms in total. The molecule has 0 aromatic rings. The molecular weight excluding hydrogens is 156 g/mol. The lowest BCUT2D eigenvalue weighted by molar-refractivity contribution is -0.129. The van der Waals surface area contributed by atoms with E-state index in [1.54, 1.807) is 0 Å². The van der Waals surface area contributed by atoms with E-state index in [9.17, 15) is 4.79 Å². The molecule has 1 aliphatic rings. The number of nitrogens with one attached hydrogen (secondary N) is 1. The molecule has 1 saturated heterocycles. The molecule has 1 unspecified atom stereocenters. The van der Waals surface area contributed by atoms with Crippen molar-refractivity contribution in [3.8, 4) is 0 Å². The Hall–Kier alpha value is -0.610. The number of nitrogens with two attached hydrogens (primary N) is 1. The fraction of sp³-hybridized carbons (Fsp3) is 0.875. The Morgan fingerprint density at radius 2 is 2.50 bits per heavy atom. The van der Waals surface area contributed by atoms with E-state index in [-0.39, 0.29) is 5.91 Å². The third-order valence-corrected chi connectivity index (χ3v) is 2.23. The molecule has 0 aromatic heterocycles. The molecule has 70 valence electrons. The molecule has 1 aliphatic heterocycles. The Labute approximate surface area is 72.5 Å². The highest BCUT2D eigenvalue weighted by Crippen LogP contribution is 2.18. The smallest absolute Gasteiger partial charge is 0.240 e. The Balaban J connectivity index is 2.63. The molecule has 0 radical (unpaired) electrons. The fourth-order valence-electron chi connectivity index (χ4n) is 1.55. The molecular formula is C8H16N2O2. The lowest BCUT2D eigenvalue weighted by Gasteiger charge is -2.34. The van der Waals surface area contributed by atoms with Gasteiger partial charge in [-0.05, 0) is 19.4 Å². The van der Waals surface area contributed by atoms with Gasteiger partial charge in [0.05, 0.1) is 6.61 Å². The minimum Gasteiger partial charge on any atom is -0.379 e. The van der Waals surface area contributed by atoms with Crippen molar-refractivity contribution in [2.24, 2.45) is 5.73 Å². The van der Waals surface area contributed by atoms with Crippen molar-refractivity contribution in [2.45, 2.75) is 25.3 Å². The van der Waals surface area contributed by atoms with Gasteiger partial charge < -0.3 is 15.8 Å². The summed E-state index contributed by atoms with van der Waals surface area (Å²) < 4.78 is 5.24. The molecule has 1 fully saturated rings. The Bertz CT molecular complexity index is 159. The summed E-state index contributed by atoms with van der Waals surface area (Å²) in [6, 6.07) is 0. The second kappa shape index (κ2) is 3.87. The maximum atomic E-state index is 11.1. The number of rotatable bonds is 3. The predicted molar refractivity (Wildman–Crippen MR) is 45.7 cm³/mol. The minimum absolute atomic E-state index is 0.302. The first-order valence-electron chi connectivity index (χ1n) is 4.34. The summed E-state index contributed by atoms with van der Waals surface area (Å²) in [7, 11) is 0. The zero-order chi connectivity index (χ0) is 9.03. The normalized spacial score (nSPS) is 30.1. The van der Waals surface area contributed by atoms with Crippen LogP contribution in [0.25, 0.3) is 0 Å².